The molecule has 4 heteroatoms. The third-order valence-corrected chi connectivity index (χ3v) is 16.9. The summed E-state index contributed by atoms with van der Waals surface area (Å²) in [5.41, 5.74) is 29.2. The van der Waals surface area contributed by atoms with Gasteiger partial charge in [0.2, 0.25) is 0 Å². The molecule has 0 saturated heterocycles. The monoisotopic (exact) mass is 1070 g/mol. The highest BCUT2D eigenvalue weighted by Crippen LogP contribution is 2.58. The predicted molar refractivity (Wildman–Crippen MR) is 348 cm³/mol. The fraction of sp³-hybridized carbons (Fsp3) is 0.130. The fourth-order valence-corrected chi connectivity index (χ4v) is 13.4. The van der Waals surface area contributed by atoms with E-state index in [1.807, 2.05) is 6.92 Å². The van der Waals surface area contributed by atoms with E-state index < -0.39 is 5.41 Å². The second-order valence-corrected chi connectivity index (χ2v) is 22.4. The van der Waals surface area contributed by atoms with Crippen LogP contribution in [-0.2, 0) is 11.8 Å². The Balaban J connectivity index is 0.000000139. The van der Waals surface area contributed by atoms with Crippen molar-refractivity contribution >= 4 is 39.8 Å². The quantitative estimate of drug-likeness (QED) is 0.156. The molecule has 3 nitrogen and oxygen atoms in total. The maximum Gasteiger partial charge on any atom is 0.0714 e. The van der Waals surface area contributed by atoms with Gasteiger partial charge in [-0.15, -0.1) is 0 Å². The molecule has 0 radical (unpaired) electrons. The van der Waals surface area contributed by atoms with Crippen molar-refractivity contribution in [3.05, 3.63) is 322 Å². The Morgan fingerprint density at radius 3 is 1.96 bits per heavy atom. The summed E-state index contributed by atoms with van der Waals surface area (Å²) in [6, 6.07) is 86.0. The zero-order valence-corrected chi connectivity index (χ0v) is 47.7. The van der Waals surface area contributed by atoms with Gasteiger partial charge in [-0.25, -0.2) is 0 Å². The molecule has 14 rings (SSSR count). The van der Waals surface area contributed by atoms with E-state index in [4.69, 9.17) is 11.1 Å². The first-order valence-electron chi connectivity index (χ1n) is 28.4. The Hall–Kier alpha value is -8.80. The average molecular weight is 1070 g/mol. The summed E-state index contributed by atoms with van der Waals surface area (Å²) in [6.07, 6.45) is 11.1. The molecular formula is C77H69N3S. The minimum absolute atomic E-state index is 0.406. The summed E-state index contributed by atoms with van der Waals surface area (Å²) in [5, 5.41) is 10.2. The number of hydrogen-bond donors (Lipinski definition) is 2. The molecule has 1 aliphatic heterocycles. The number of hydrogen-bond acceptors (Lipinski definition) is 3. The van der Waals surface area contributed by atoms with Gasteiger partial charge >= 0.3 is 0 Å². The first-order chi connectivity index (χ1) is 39.8. The number of fused-ring (bicyclic) bond motifs is 10. The van der Waals surface area contributed by atoms with Gasteiger partial charge in [0.15, 0.2) is 0 Å². The Kier molecular flexibility index (Phi) is 16.2. The largest absolute Gasteiger partial charge is 0.331 e. The Labute approximate surface area is 483 Å². The van der Waals surface area contributed by atoms with Crippen LogP contribution in [0.25, 0.3) is 60.9 Å². The molecule has 1 unspecified atom stereocenters. The summed E-state index contributed by atoms with van der Waals surface area (Å²) in [7, 11) is 0. The van der Waals surface area contributed by atoms with E-state index in [1.165, 1.54) is 122 Å². The molecule has 0 spiro atoms. The highest BCUT2D eigenvalue weighted by atomic mass is 32.2. The predicted octanol–water partition coefficient (Wildman–Crippen LogP) is 20.0. The van der Waals surface area contributed by atoms with E-state index >= 15 is 0 Å². The zero-order valence-electron chi connectivity index (χ0n) is 46.9. The Bertz CT molecular complexity index is 4070. The minimum atomic E-state index is -0.406. The lowest BCUT2D eigenvalue weighted by Crippen LogP contribution is -2.28. The van der Waals surface area contributed by atoms with Crippen molar-refractivity contribution in [1.82, 2.24) is 4.57 Å². The molecule has 10 aromatic carbocycles. The van der Waals surface area contributed by atoms with Gasteiger partial charge in [-0.3, -0.25) is 0 Å². The lowest BCUT2D eigenvalue weighted by molar-refractivity contribution is 0.712. The van der Waals surface area contributed by atoms with Crippen molar-refractivity contribution in [2.24, 2.45) is 5.73 Å². The van der Waals surface area contributed by atoms with Crippen LogP contribution in [0, 0.1) is 12.3 Å². The van der Waals surface area contributed by atoms with Gasteiger partial charge in [0.05, 0.1) is 16.4 Å². The van der Waals surface area contributed by atoms with Crippen LogP contribution in [-0.4, -0.2) is 17.3 Å². The first kappa shape index (κ1) is 54.2. The van der Waals surface area contributed by atoms with Crippen molar-refractivity contribution in [1.29, 1.82) is 5.41 Å². The van der Waals surface area contributed by atoms with Gasteiger partial charge in [-0.2, -0.15) is 0 Å². The molecule has 0 bridgehead atoms. The number of rotatable bonds is 7. The topological polar surface area (TPSA) is 54.8 Å². The number of nitrogens with one attached hydrogen (secondary N) is 1. The second-order valence-electron chi connectivity index (χ2n) is 21.2. The summed E-state index contributed by atoms with van der Waals surface area (Å²) >= 11 is 1.75. The van der Waals surface area contributed by atoms with Gasteiger partial charge in [0, 0.05) is 38.4 Å². The summed E-state index contributed by atoms with van der Waals surface area (Å²) in [6.45, 7) is 13.3. The van der Waals surface area contributed by atoms with E-state index in [0.717, 1.165) is 36.3 Å². The van der Waals surface area contributed by atoms with E-state index in [2.05, 4.69) is 287 Å². The number of para-hydroxylation sites is 1. The molecule has 1 atom stereocenters. The highest BCUT2D eigenvalue weighted by Gasteiger charge is 2.46. The normalized spacial score (nSPS) is 15.1. The van der Waals surface area contributed by atoms with Crippen molar-refractivity contribution in [2.45, 2.75) is 63.2 Å². The van der Waals surface area contributed by atoms with E-state index in [-0.39, 0.29) is 0 Å². The number of nitrogens with zero attached hydrogens (tertiary/aromatic N) is 1. The summed E-state index contributed by atoms with van der Waals surface area (Å²) < 4.78 is 2.45. The molecule has 2 aliphatic carbocycles. The first-order valence-corrected chi connectivity index (χ1v) is 29.3. The third-order valence-electron chi connectivity index (χ3n) is 15.9. The molecular weight excluding hydrogens is 999 g/mol. The van der Waals surface area contributed by atoms with E-state index in [1.54, 1.807) is 11.8 Å². The molecule has 0 fully saturated rings. The second kappa shape index (κ2) is 24.3. The molecule has 11 aromatic rings. The van der Waals surface area contributed by atoms with Crippen LogP contribution in [0.4, 0.5) is 0 Å². The van der Waals surface area contributed by atoms with Crippen LogP contribution >= 0.6 is 11.8 Å². The van der Waals surface area contributed by atoms with Crippen LogP contribution < -0.4 is 5.73 Å². The van der Waals surface area contributed by atoms with E-state index in [0.29, 0.717) is 5.92 Å². The standard InChI is InChI=1S/C38H27N.C23H21N.C14H14S.C2H7N/c1-26-13-12-18-29(23-26)39-36-22-11-9-20-31(36)33-24-32-30-19-8-10-21-34(30)38(35(32)25-37(33)39,27-14-4-2-5-15-27)28-16-6-3-7-17-28;1-2-7-20-22-14-16(15-24)12-13-19(22)21-11-6-10-18(23(20)21)17-8-4-3-5-9-17;1-11-6-5-7-12(2)15-14-9-4-3-8-13(14)10-11;1-2-3/h2-25H,1H3;3-6,8-15,20,24H,2,7H2,1H3;3-9H,2,10H2,1H3;2-3H2,1H3/b;;7-5-,11-6-;. The maximum atomic E-state index is 7.59. The van der Waals surface area contributed by atoms with Crippen molar-refractivity contribution in [3.8, 4) is 39.1 Å². The number of aromatic nitrogens is 1. The summed E-state index contributed by atoms with van der Waals surface area (Å²) in [4.78, 5) is 2.41. The van der Waals surface area contributed by atoms with Crippen LogP contribution in [0.5, 0.6) is 0 Å². The molecule has 3 aliphatic rings. The smallest absolute Gasteiger partial charge is 0.0714 e. The molecule has 1 aromatic heterocycles. The lowest BCUT2D eigenvalue weighted by atomic mass is 9.67. The Morgan fingerprint density at radius 2 is 1.23 bits per heavy atom. The Morgan fingerprint density at radius 1 is 0.593 bits per heavy atom. The van der Waals surface area contributed by atoms with Crippen LogP contribution in [0.15, 0.2) is 277 Å². The molecule has 81 heavy (non-hydrogen) atoms. The van der Waals surface area contributed by atoms with Crippen LogP contribution in [0.1, 0.15) is 89.6 Å². The van der Waals surface area contributed by atoms with Crippen molar-refractivity contribution < 1.29 is 0 Å². The van der Waals surface area contributed by atoms with Gasteiger partial charge in [-0.1, -0.05) is 250 Å². The number of nitrogens with two attached hydrogens (primary N) is 1. The minimum Gasteiger partial charge on any atom is -0.331 e. The lowest BCUT2D eigenvalue weighted by Gasteiger charge is -2.34. The molecule has 0 amide bonds. The zero-order chi connectivity index (χ0) is 55.9. The molecule has 3 N–H and O–H groups in total. The van der Waals surface area contributed by atoms with Crippen molar-refractivity contribution in [3.63, 3.8) is 0 Å². The molecule has 2 heterocycles. The number of benzene rings is 10. The fourth-order valence-electron chi connectivity index (χ4n) is 12.5. The molecule has 398 valence electrons. The average Bonchev–Trinajstić information content (AvgIpc) is 3.20. The highest BCUT2D eigenvalue weighted by molar-refractivity contribution is 8.03. The SMILES string of the molecule is C=C1/C=C\C=C(\C)Cc2ccccc2S1.CCCC1c2cc(C=N)ccc2-c2cccc(-c3ccccc3)c21.CCN.Cc1cccc(-n2c3ccccc3c3cc4c(cc32)C(c2ccccc2)(c2ccccc2)c2ccccc2-4)c1. The van der Waals surface area contributed by atoms with Crippen LogP contribution in [0.3, 0.4) is 0 Å². The van der Waals surface area contributed by atoms with Gasteiger partial charge in [0.25, 0.3) is 0 Å². The van der Waals surface area contributed by atoms with Crippen LogP contribution in [0.2, 0.25) is 0 Å². The van der Waals surface area contributed by atoms with Gasteiger partial charge in [0.1, 0.15) is 0 Å². The van der Waals surface area contributed by atoms with Crippen molar-refractivity contribution in [2.75, 3.05) is 6.54 Å². The number of aryl methyl sites for hydroxylation is 1. The summed E-state index contributed by atoms with van der Waals surface area (Å²) in [5.74, 6) is 0.427. The van der Waals surface area contributed by atoms with Gasteiger partial charge < -0.3 is 15.7 Å². The van der Waals surface area contributed by atoms with E-state index in [9.17, 15) is 0 Å². The molecule has 0 saturated carbocycles. The van der Waals surface area contributed by atoms with Gasteiger partial charge in [-0.05, 0) is 165 Å². The number of allylic oxidation sites excluding steroid dienone is 4. The third kappa shape index (κ3) is 10.5. The number of thioether (sulfide) groups is 1. The maximum absolute atomic E-state index is 7.59.